The molecule has 0 bridgehead atoms. The molecule has 1 aliphatic carbocycles. The summed E-state index contributed by atoms with van der Waals surface area (Å²) in [6, 6.07) is 12.9. The highest BCUT2D eigenvalue weighted by molar-refractivity contribution is 7.89. The minimum atomic E-state index is -3.59. The van der Waals surface area contributed by atoms with Crippen LogP contribution < -0.4 is 10.6 Å². The second kappa shape index (κ2) is 9.20. The lowest BCUT2D eigenvalue weighted by molar-refractivity contribution is -0.117. The molecule has 0 aliphatic heterocycles. The van der Waals surface area contributed by atoms with E-state index < -0.39 is 10.0 Å². The van der Waals surface area contributed by atoms with Gasteiger partial charge in [-0.15, -0.1) is 0 Å². The number of carbonyl (C=O) groups excluding carboxylic acids is 2. The minimum Gasteiger partial charge on any atom is -0.346 e. The van der Waals surface area contributed by atoms with Crippen LogP contribution in [0.3, 0.4) is 0 Å². The lowest BCUT2D eigenvalue weighted by atomic mass is 10.1. The van der Waals surface area contributed by atoms with Crippen LogP contribution in [0.5, 0.6) is 0 Å². The summed E-state index contributed by atoms with van der Waals surface area (Å²) in [7, 11) is -2.06. The van der Waals surface area contributed by atoms with E-state index >= 15 is 0 Å². The molecule has 2 amide bonds. The van der Waals surface area contributed by atoms with E-state index in [0.717, 1.165) is 24.1 Å². The molecule has 31 heavy (non-hydrogen) atoms. The van der Waals surface area contributed by atoms with Gasteiger partial charge in [0.15, 0.2) is 0 Å². The van der Waals surface area contributed by atoms with Gasteiger partial charge in [-0.25, -0.2) is 8.42 Å². The zero-order valence-electron chi connectivity index (χ0n) is 18.3. The van der Waals surface area contributed by atoms with Crippen LogP contribution in [0.1, 0.15) is 55.6 Å². The predicted octanol–water partition coefficient (Wildman–Crippen LogP) is 3.56. The molecular weight excluding hydrogens is 414 g/mol. The maximum absolute atomic E-state index is 12.6. The van der Waals surface area contributed by atoms with Crippen LogP contribution in [0.15, 0.2) is 53.4 Å². The van der Waals surface area contributed by atoms with Gasteiger partial charge in [0.2, 0.25) is 15.9 Å². The fourth-order valence-electron chi connectivity index (χ4n) is 3.03. The van der Waals surface area contributed by atoms with E-state index in [1.54, 1.807) is 13.8 Å². The van der Waals surface area contributed by atoms with Crippen molar-refractivity contribution in [1.29, 1.82) is 0 Å². The molecule has 8 heteroatoms. The number of nitrogens with zero attached hydrogens (tertiary/aromatic N) is 1. The first-order valence-corrected chi connectivity index (χ1v) is 11.8. The number of rotatable bonds is 8. The van der Waals surface area contributed by atoms with Gasteiger partial charge < -0.3 is 10.6 Å². The molecule has 0 radical (unpaired) electrons. The first-order valence-electron chi connectivity index (χ1n) is 10.4. The summed E-state index contributed by atoms with van der Waals surface area (Å²) in [5, 5.41) is 5.80. The summed E-state index contributed by atoms with van der Waals surface area (Å²) in [5.74, 6) is -0.0936. The van der Waals surface area contributed by atoms with Crippen molar-refractivity contribution >= 4 is 27.5 Å². The van der Waals surface area contributed by atoms with Crippen LogP contribution in [0.25, 0.3) is 0 Å². The standard InChI is InChI=1S/C23H29N3O4S/c1-15(2)26(4)31(29,30)21-13-9-19(10-14-21)22(27)24-16(3)17-7-11-20(12-8-17)25-23(28)18-5-6-18/h7-16,18H,5-6H2,1-4H3,(H,24,27)(H,25,28). The van der Waals surface area contributed by atoms with Gasteiger partial charge in [0, 0.05) is 30.3 Å². The summed E-state index contributed by atoms with van der Waals surface area (Å²) in [5.41, 5.74) is 2.02. The molecular formula is C23H29N3O4S. The van der Waals surface area contributed by atoms with Gasteiger partial charge in [-0.2, -0.15) is 4.31 Å². The van der Waals surface area contributed by atoms with Gasteiger partial charge in [-0.05, 0) is 75.6 Å². The van der Waals surface area contributed by atoms with Crippen molar-refractivity contribution in [1.82, 2.24) is 9.62 Å². The molecule has 0 spiro atoms. The molecule has 0 saturated heterocycles. The van der Waals surface area contributed by atoms with Crippen LogP contribution in [-0.4, -0.2) is 37.6 Å². The molecule has 166 valence electrons. The summed E-state index contributed by atoms with van der Waals surface area (Å²) in [6.07, 6.45) is 1.91. The number of hydrogen-bond acceptors (Lipinski definition) is 4. The van der Waals surface area contributed by atoms with E-state index in [-0.39, 0.29) is 34.7 Å². The summed E-state index contributed by atoms with van der Waals surface area (Å²) >= 11 is 0. The van der Waals surface area contributed by atoms with E-state index in [1.807, 2.05) is 31.2 Å². The summed E-state index contributed by atoms with van der Waals surface area (Å²) in [4.78, 5) is 24.6. The summed E-state index contributed by atoms with van der Waals surface area (Å²) in [6.45, 7) is 5.47. The van der Waals surface area contributed by atoms with E-state index in [0.29, 0.717) is 5.56 Å². The maximum Gasteiger partial charge on any atom is 0.251 e. The number of carbonyl (C=O) groups is 2. The molecule has 1 fully saturated rings. The van der Waals surface area contributed by atoms with Gasteiger partial charge in [0.05, 0.1) is 10.9 Å². The highest BCUT2D eigenvalue weighted by Crippen LogP contribution is 2.30. The lowest BCUT2D eigenvalue weighted by Gasteiger charge is -2.21. The van der Waals surface area contributed by atoms with Gasteiger partial charge in [-0.1, -0.05) is 12.1 Å². The quantitative estimate of drug-likeness (QED) is 0.652. The molecule has 1 atom stereocenters. The van der Waals surface area contributed by atoms with Crippen molar-refractivity contribution in [3.63, 3.8) is 0 Å². The van der Waals surface area contributed by atoms with Crippen molar-refractivity contribution in [2.75, 3.05) is 12.4 Å². The van der Waals surface area contributed by atoms with Crippen LogP contribution in [-0.2, 0) is 14.8 Å². The van der Waals surface area contributed by atoms with Crippen LogP contribution in [0.2, 0.25) is 0 Å². The molecule has 7 nitrogen and oxygen atoms in total. The zero-order valence-corrected chi connectivity index (χ0v) is 19.1. The molecule has 1 unspecified atom stereocenters. The minimum absolute atomic E-state index is 0.0548. The molecule has 1 saturated carbocycles. The predicted molar refractivity (Wildman–Crippen MR) is 120 cm³/mol. The second-order valence-corrected chi connectivity index (χ2v) is 10.2. The number of sulfonamides is 1. The van der Waals surface area contributed by atoms with E-state index in [9.17, 15) is 18.0 Å². The zero-order chi connectivity index (χ0) is 22.8. The normalized spacial score (nSPS) is 15.0. The Morgan fingerprint density at radius 3 is 2.06 bits per heavy atom. The SMILES string of the molecule is CC(NC(=O)c1ccc(S(=O)(=O)N(C)C(C)C)cc1)c1ccc(NC(=O)C2CC2)cc1. The van der Waals surface area contributed by atoms with Crippen molar-refractivity contribution in [3.8, 4) is 0 Å². The van der Waals surface area contributed by atoms with Crippen LogP contribution >= 0.6 is 0 Å². The highest BCUT2D eigenvalue weighted by atomic mass is 32.2. The third kappa shape index (κ3) is 5.51. The fourth-order valence-corrected chi connectivity index (χ4v) is 4.40. The Labute approximate surface area is 183 Å². The third-order valence-electron chi connectivity index (χ3n) is 5.49. The molecule has 2 aromatic rings. The summed E-state index contributed by atoms with van der Waals surface area (Å²) < 4.78 is 26.4. The average Bonchev–Trinajstić information content (AvgIpc) is 3.59. The average molecular weight is 444 g/mol. The van der Waals surface area contributed by atoms with Crippen LogP contribution in [0.4, 0.5) is 5.69 Å². The van der Waals surface area contributed by atoms with Gasteiger partial charge >= 0.3 is 0 Å². The smallest absolute Gasteiger partial charge is 0.251 e. The largest absolute Gasteiger partial charge is 0.346 e. The third-order valence-corrected chi connectivity index (χ3v) is 7.54. The Bertz CT molecular complexity index is 1040. The van der Waals surface area contributed by atoms with Crippen molar-refractivity contribution in [2.45, 2.75) is 50.6 Å². The number of benzene rings is 2. The van der Waals surface area contributed by atoms with E-state index in [4.69, 9.17) is 0 Å². The number of anilines is 1. The van der Waals surface area contributed by atoms with Gasteiger partial charge in [-0.3, -0.25) is 9.59 Å². The highest BCUT2D eigenvalue weighted by Gasteiger charge is 2.29. The molecule has 0 heterocycles. The van der Waals surface area contributed by atoms with Crippen molar-refractivity contribution in [3.05, 3.63) is 59.7 Å². The Kier molecular flexibility index (Phi) is 6.81. The van der Waals surface area contributed by atoms with E-state index in [1.165, 1.54) is 35.6 Å². The Morgan fingerprint density at radius 2 is 1.55 bits per heavy atom. The Hall–Kier alpha value is -2.71. The fraction of sp³-hybridized carbons (Fsp3) is 0.391. The molecule has 3 rings (SSSR count). The maximum atomic E-state index is 12.6. The number of nitrogens with one attached hydrogen (secondary N) is 2. The monoisotopic (exact) mass is 443 g/mol. The van der Waals surface area contributed by atoms with Crippen LogP contribution in [0, 0.1) is 5.92 Å². The van der Waals surface area contributed by atoms with Gasteiger partial charge in [0.25, 0.3) is 5.91 Å². The van der Waals surface area contributed by atoms with Gasteiger partial charge in [0.1, 0.15) is 0 Å². The molecule has 2 aromatic carbocycles. The second-order valence-electron chi connectivity index (χ2n) is 8.22. The van der Waals surface area contributed by atoms with Crippen molar-refractivity contribution < 1.29 is 18.0 Å². The topological polar surface area (TPSA) is 95.6 Å². The Balaban J connectivity index is 1.62. The first kappa shape index (κ1) is 23.0. The molecule has 0 aromatic heterocycles. The number of hydrogen-bond donors (Lipinski definition) is 2. The molecule has 1 aliphatic rings. The molecule has 2 N–H and O–H groups in total. The van der Waals surface area contributed by atoms with E-state index in [2.05, 4.69) is 10.6 Å². The first-order chi connectivity index (χ1) is 14.6. The lowest BCUT2D eigenvalue weighted by Crippen LogP contribution is -2.33. The van der Waals surface area contributed by atoms with Crippen molar-refractivity contribution in [2.24, 2.45) is 5.92 Å². The Morgan fingerprint density at radius 1 is 0.968 bits per heavy atom. The number of amides is 2.